The second-order valence-corrected chi connectivity index (χ2v) is 6.49. The predicted octanol–water partition coefficient (Wildman–Crippen LogP) is 3.88. The lowest BCUT2D eigenvalue weighted by molar-refractivity contribution is -0.384. The van der Waals surface area contributed by atoms with Gasteiger partial charge in [-0.1, -0.05) is 18.0 Å². The molecule has 0 amide bonds. The van der Waals surface area contributed by atoms with E-state index in [0.29, 0.717) is 11.7 Å². The van der Waals surface area contributed by atoms with Gasteiger partial charge >= 0.3 is 5.69 Å². The molecule has 4 unspecified atom stereocenters. The van der Waals surface area contributed by atoms with Crippen molar-refractivity contribution in [2.75, 3.05) is 5.32 Å². The number of fused-ring (bicyclic) bond motifs is 2. The number of anilines is 1. The largest absolute Gasteiger partial charge is 0.362 e. The average Bonchev–Trinajstić information content (AvgIpc) is 3.03. The number of hydrogen-bond donors (Lipinski definition) is 1. The molecule has 2 aliphatic carbocycles. The molecule has 0 aliphatic heterocycles. The Labute approximate surface area is 122 Å². The molecule has 1 heterocycles. The van der Waals surface area contributed by atoms with Gasteiger partial charge in [0, 0.05) is 18.3 Å². The van der Waals surface area contributed by atoms with E-state index >= 15 is 0 Å². The van der Waals surface area contributed by atoms with Gasteiger partial charge in [0.1, 0.15) is 0 Å². The Morgan fingerprint density at radius 3 is 2.90 bits per heavy atom. The summed E-state index contributed by atoms with van der Waals surface area (Å²) in [7, 11) is 0. The van der Waals surface area contributed by atoms with E-state index in [1.807, 2.05) is 0 Å². The van der Waals surface area contributed by atoms with Crippen molar-refractivity contribution in [2.24, 2.45) is 17.8 Å². The van der Waals surface area contributed by atoms with Crippen LogP contribution in [-0.2, 0) is 0 Å². The molecule has 1 N–H and O–H groups in total. The first-order valence-electron chi connectivity index (χ1n) is 7.11. The minimum atomic E-state index is -0.436. The maximum Gasteiger partial charge on any atom is 0.312 e. The Hall–Kier alpha value is -1.36. The number of nitrogens with zero attached hydrogens (tertiary/aromatic N) is 2. The number of aromatic nitrogens is 1. The summed E-state index contributed by atoms with van der Waals surface area (Å²) < 4.78 is 0. The molecule has 2 saturated carbocycles. The Bertz CT molecular complexity index is 537. The van der Waals surface area contributed by atoms with Gasteiger partial charge < -0.3 is 5.32 Å². The zero-order chi connectivity index (χ0) is 14.3. The molecular formula is C14H18ClN3O2. The van der Waals surface area contributed by atoms with Gasteiger partial charge in [-0.05, 0) is 43.9 Å². The summed E-state index contributed by atoms with van der Waals surface area (Å²) in [5.41, 5.74) is -0.0486. The van der Waals surface area contributed by atoms with Gasteiger partial charge in [-0.15, -0.1) is 0 Å². The number of nitro groups is 1. The van der Waals surface area contributed by atoms with Crippen LogP contribution in [0.25, 0.3) is 0 Å². The molecule has 1 aromatic rings. The highest BCUT2D eigenvalue weighted by atomic mass is 35.5. The Balaban J connectivity index is 1.76. The third-order valence-electron chi connectivity index (χ3n) is 4.83. The van der Waals surface area contributed by atoms with Crippen molar-refractivity contribution in [3.63, 3.8) is 0 Å². The van der Waals surface area contributed by atoms with E-state index in [4.69, 9.17) is 11.6 Å². The van der Waals surface area contributed by atoms with Gasteiger partial charge in [0.15, 0.2) is 0 Å². The molecule has 2 bridgehead atoms. The molecule has 20 heavy (non-hydrogen) atoms. The zero-order valence-corrected chi connectivity index (χ0v) is 12.1. The maximum absolute atomic E-state index is 11.1. The van der Waals surface area contributed by atoms with Crippen molar-refractivity contribution < 1.29 is 4.92 Å². The van der Waals surface area contributed by atoms with Crippen molar-refractivity contribution in [1.82, 2.24) is 4.98 Å². The van der Waals surface area contributed by atoms with Crippen molar-refractivity contribution in [2.45, 2.75) is 38.6 Å². The Morgan fingerprint density at radius 2 is 2.30 bits per heavy atom. The van der Waals surface area contributed by atoms with Crippen molar-refractivity contribution in [3.05, 3.63) is 27.4 Å². The summed E-state index contributed by atoms with van der Waals surface area (Å²) in [4.78, 5) is 14.7. The molecule has 0 radical (unpaired) electrons. The topological polar surface area (TPSA) is 68.1 Å². The van der Waals surface area contributed by atoms with Crippen LogP contribution >= 0.6 is 11.6 Å². The fourth-order valence-electron chi connectivity index (χ4n) is 3.91. The molecule has 2 fully saturated rings. The number of halogens is 1. The molecule has 0 spiro atoms. The number of pyridine rings is 1. The fourth-order valence-corrected chi connectivity index (χ4v) is 4.06. The second-order valence-electron chi connectivity index (χ2n) is 6.05. The van der Waals surface area contributed by atoms with E-state index in [9.17, 15) is 10.1 Å². The lowest BCUT2D eigenvalue weighted by Gasteiger charge is -2.28. The van der Waals surface area contributed by atoms with Crippen LogP contribution in [0.3, 0.4) is 0 Å². The number of rotatable bonds is 4. The fraction of sp³-hybridized carbons (Fsp3) is 0.643. The minimum Gasteiger partial charge on any atom is -0.362 e. The van der Waals surface area contributed by atoms with E-state index in [1.165, 1.54) is 37.9 Å². The van der Waals surface area contributed by atoms with Crippen LogP contribution in [0.4, 0.5) is 11.5 Å². The molecule has 6 heteroatoms. The highest BCUT2D eigenvalue weighted by Crippen LogP contribution is 2.50. The standard InChI is InChI=1S/C14H18ClN3O2/c1-8(12-5-9-2-3-10(12)4-9)17-14-13(18(19)20)6-11(15)7-16-14/h6-10,12H,2-5H2,1H3,(H,16,17). The predicted molar refractivity (Wildman–Crippen MR) is 77.9 cm³/mol. The quantitative estimate of drug-likeness (QED) is 0.676. The van der Waals surface area contributed by atoms with Crippen LogP contribution in [-0.4, -0.2) is 15.9 Å². The van der Waals surface area contributed by atoms with Crippen LogP contribution in [0.2, 0.25) is 5.02 Å². The SMILES string of the molecule is CC(Nc1ncc(Cl)cc1[N+](=O)[O-])C1CC2CCC1C2. The molecular weight excluding hydrogens is 278 g/mol. The normalized spacial score (nSPS) is 29.4. The monoisotopic (exact) mass is 295 g/mol. The molecule has 0 saturated heterocycles. The van der Waals surface area contributed by atoms with Gasteiger partial charge in [-0.25, -0.2) is 4.98 Å². The summed E-state index contributed by atoms with van der Waals surface area (Å²) in [6, 6.07) is 1.56. The first-order valence-corrected chi connectivity index (χ1v) is 7.49. The summed E-state index contributed by atoms with van der Waals surface area (Å²) in [5.74, 6) is 2.57. The van der Waals surface area contributed by atoms with Gasteiger partial charge in [0.05, 0.1) is 9.95 Å². The minimum absolute atomic E-state index is 0.0486. The van der Waals surface area contributed by atoms with Gasteiger partial charge in [-0.2, -0.15) is 0 Å². The summed E-state index contributed by atoms with van der Waals surface area (Å²) >= 11 is 5.78. The molecule has 108 valence electrons. The van der Waals surface area contributed by atoms with E-state index < -0.39 is 4.92 Å². The van der Waals surface area contributed by atoms with Gasteiger partial charge in [0.25, 0.3) is 0 Å². The molecule has 2 aliphatic rings. The van der Waals surface area contributed by atoms with E-state index in [0.717, 1.165) is 11.8 Å². The number of nitrogens with one attached hydrogen (secondary N) is 1. The summed E-state index contributed by atoms with van der Waals surface area (Å²) in [6.07, 6.45) is 6.67. The van der Waals surface area contributed by atoms with E-state index in [-0.39, 0.29) is 16.8 Å². The average molecular weight is 296 g/mol. The first-order chi connectivity index (χ1) is 9.54. The lowest BCUT2D eigenvalue weighted by Crippen LogP contribution is -2.30. The van der Waals surface area contributed by atoms with Crippen LogP contribution < -0.4 is 5.32 Å². The van der Waals surface area contributed by atoms with Crippen molar-refractivity contribution >= 4 is 23.1 Å². The highest BCUT2D eigenvalue weighted by molar-refractivity contribution is 6.30. The highest BCUT2D eigenvalue weighted by Gasteiger charge is 2.42. The van der Waals surface area contributed by atoms with Gasteiger partial charge in [-0.3, -0.25) is 10.1 Å². The molecule has 5 nitrogen and oxygen atoms in total. The van der Waals surface area contributed by atoms with Crippen LogP contribution in [0.15, 0.2) is 12.3 Å². The zero-order valence-electron chi connectivity index (χ0n) is 11.4. The number of hydrogen-bond acceptors (Lipinski definition) is 4. The Morgan fingerprint density at radius 1 is 1.50 bits per heavy atom. The molecule has 1 aromatic heterocycles. The van der Waals surface area contributed by atoms with Gasteiger partial charge in [0.2, 0.25) is 5.82 Å². The van der Waals surface area contributed by atoms with Crippen LogP contribution in [0.5, 0.6) is 0 Å². The molecule has 4 atom stereocenters. The van der Waals surface area contributed by atoms with Crippen LogP contribution in [0.1, 0.15) is 32.6 Å². The summed E-state index contributed by atoms with van der Waals surface area (Å²) in [6.45, 7) is 2.10. The maximum atomic E-state index is 11.1. The lowest BCUT2D eigenvalue weighted by atomic mass is 9.84. The van der Waals surface area contributed by atoms with E-state index in [2.05, 4.69) is 17.2 Å². The van der Waals surface area contributed by atoms with Crippen molar-refractivity contribution in [3.8, 4) is 0 Å². The first kappa shape index (κ1) is 13.6. The molecule has 0 aromatic carbocycles. The third kappa shape index (κ3) is 2.46. The van der Waals surface area contributed by atoms with E-state index in [1.54, 1.807) is 0 Å². The third-order valence-corrected chi connectivity index (χ3v) is 5.04. The summed E-state index contributed by atoms with van der Waals surface area (Å²) in [5, 5.41) is 14.6. The second kappa shape index (κ2) is 5.20. The van der Waals surface area contributed by atoms with Crippen LogP contribution in [0, 0.1) is 27.9 Å². The smallest absolute Gasteiger partial charge is 0.312 e. The van der Waals surface area contributed by atoms with Crippen molar-refractivity contribution in [1.29, 1.82) is 0 Å². The molecule has 3 rings (SSSR count). The Kier molecular flexibility index (Phi) is 3.54.